The lowest BCUT2D eigenvalue weighted by molar-refractivity contribution is -0.116. The van der Waals surface area contributed by atoms with Gasteiger partial charge in [0, 0.05) is 106 Å². The number of amides is 3. The minimum Gasteiger partial charge on any atom is -0.385 e. The Hall–Kier alpha value is -6.19. The van der Waals surface area contributed by atoms with Crippen LogP contribution in [0.4, 0.5) is 23.3 Å². The van der Waals surface area contributed by atoms with Crippen LogP contribution in [0.25, 0.3) is 0 Å². The van der Waals surface area contributed by atoms with Crippen LogP contribution in [0.5, 0.6) is 0 Å². The number of nitrogen functional groups attached to an aromatic ring is 1. The summed E-state index contributed by atoms with van der Waals surface area (Å²) in [7, 11) is 8.94. The van der Waals surface area contributed by atoms with Crippen molar-refractivity contribution in [2.45, 2.75) is 122 Å². The Morgan fingerprint density at radius 1 is 0.464 bits per heavy atom. The van der Waals surface area contributed by atoms with Crippen LogP contribution in [0.3, 0.4) is 0 Å². The highest BCUT2D eigenvalue weighted by atomic mass is 35.5. The first-order chi connectivity index (χ1) is 40.6. The van der Waals surface area contributed by atoms with E-state index in [4.69, 9.17) is 23.3 Å². The lowest BCUT2D eigenvalue weighted by Crippen LogP contribution is -2.38. The lowest BCUT2D eigenvalue weighted by Gasteiger charge is -2.13. The van der Waals surface area contributed by atoms with Gasteiger partial charge in [0.2, 0.25) is 17.7 Å². The van der Waals surface area contributed by atoms with Gasteiger partial charge < -0.3 is 32.6 Å². The second kappa shape index (κ2) is 43.4. The minimum atomic E-state index is -0.397. The molecule has 5 rings (SSSR count). The Bertz CT molecular complexity index is 3450. The van der Waals surface area contributed by atoms with Crippen LogP contribution in [-0.4, -0.2) is 117 Å². The molecule has 3 amide bonds. The molecule has 4 radical (unpaired) electrons. The van der Waals surface area contributed by atoms with E-state index in [0.29, 0.717) is 45.6 Å². The molecule has 37 heteroatoms. The number of hydrogen-bond acceptors (Lipinski definition) is 16. The third-order valence-electron chi connectivity index (χ3n) is 10.1. The predicted molar refractivity (Wildman–Crippen MR) is 359 cm³/mol. The van der Waals surface area contributed by atoms with Gasteiger partial charge in [0.25, 0.3) is 27.8 Å². The molecule has 0 aliphatic heterocycles. The number of carbonyl (C=O) groups is 4. The molecule has 0 saturated carbocycles. The Kier molecular flexibility index (Phi) is 41.3. The van der Waals surface area contributed by atoms with E-state index in [1.54, 1.807) is 55.1 Å². The SMILES string of the molecule is C.CC(C)=O.CCC(=O)Nc1cc(=O)n(CC)c(=O)n1PC.CCC(=O)Nc1cc(=O)n(CC)c(=O)n1PC.CCn1c(=O)cc(Cl)n(PC)c1=O.CCn1c(=O)cc(N)n(PC)c1=O.CCn1c(=O)cc(NC(C)=O)n(PC)c1=O.N.[2HH].[2H][2H].[2H][2H].[B][B]. The average molecular weight is 1300 g/mol. The number of nitrogens with two attached hydrogens (primary N) is 1. The summed E-state index contributed by atoms with van der Waals surface area (Å²) < 4.78 is 32.7. The molecule has 5 aromatic heterocycles. The van der Waals surface area contributed by atoms with Gasteiger partial charge in [-0.05, 0) is 125 Å². The molecule has 29 nitrogen and oxygen atoms in total. The zero-order valence-corrected chi connectivity index (χ0v) is 55.1. The summed E-state index contributed by atoms with van der Waals surface area (Å²) in [5.41, 5.74) is 1.85. The molecule has 0 bridgehead atoms. The molecule has 0 spiro atoms. The summed E-state index contributed by atoms with van der Waals surface area (Å²) in [4.78, 5) is 159. The molecular weight excluding hydrogens is 1210 g/mol. The quantitative estimate of drug-likeness (QED) is 0.0571. The molecule has 5 unspecified atom stereocenters. The van der Waals surface area contributed by atoms with E-state index in [9.17, 15) is 67.1 Å². The van der Waals surface area contributed by atoms with Crippen LogP contribution in [0.2, 0.25) is 5.15 Å². The number of rotatable bonds is 15. The number of ketones is 1. The van der Waals surface area contributed by atoms with Gasteiger partial charge in [-0.1, -0.05) is 32.9 Å². The number of Topliss-reactive ketones (excluding diaryl/α,β-unsaturated/α-hetero) is 1. The molecule has 472 valence electrons. The standard InChI is InChI=1S/2C10H16N3O3P.C9H14N3O3P.C7H10ClN2O2P.C7H12N3O2P.C3H6O.CH4.B2.H3N.3H2/c2*1-4-8(14)11-7-6-9(15)12(5-2)10(16)13(7)17-3;1-4-11-8(14)5-7(10-6(2)13)12(16-3)9(11)15;2*1-3-9-6(11)4-5(8)10(13-2)7(9)12;1-3(2)4;;1-2;;;;/h2*6,17H,4-5H2,1-3H3,(H,11,14);5,16H,4H2,1-3H3,(H,10,13);4,13H,3H2,1-2H3;4,13H,3,8H2,1-2H3;1-2H3;1H4;;1H3;3*1H/i;;;;;;;;;2*1+1D;1+1. The molecule has 0 aliphatic rings. The van der Waals surface area contributed by atoms with Crippen LogP contribution in [0.1, 0.15) is 96.9 Å². The topological polar surface area (TPSA) is 385 Å². The number of hydrogen-bond donors (Lipinski definition) is 5. The third kappa shape index (κ3) is 25.2. The maximum Gasteiger partial charge on any atom is 0.335 e. The number of anilines is 4. The van der Waals surface area contributed by atoms with Gasteiger partial charge in [0.05, 0.1) is 0 Å². The fourth-order valence-corrected chi connectivity index (χ4v) is 9.99. The highest BCUT2D eigenvalue weighted by molar-refractivity contribution is 7.36. The van der Waals surface area contributed by atoms with Crippen molar-refractivity contribution in [1.82, 2.24) is 50.7 Å². The highest BCUT2D eigenvalue weighted by Crippen LogP contribution is 2.16. The molecule has 5 atom stereocenters. The van der Waals surface area contributed by atoms with Crippen molar-refractivity contribution < 1.29 is 26.5 Å². The van der Waals surface area contributed by atoms with E-state index in [0.717, 1.165) is 22.8 Å². The van der Waals surface area contributed by atoms with E-state index in [1.165, 1.54) is 72.8 Å². The van der Waals surface area contributed by atoms with Crippen molar-refractivity contribution in [3.8, 4) is 0 Å². The first-order valence-electron chi connectivity index (χ1n) is 26.9. The number of aromatic nitrogens is 10. The molecule has 5 heterocycles. The molecule has 5 aromatic rings. The smallest absolute Gasteiger partial charge is 0.335 e. The highest BCUT2D eigenvalue weighted by Gasteiger charge is 2.14. The van der Waals surface area contributed by atoms with Crippen LogP contribution in [0.15, 0.2) is 78.3 Å². The van der Waals surface area contributed by atoms with Gasteiger partial charge >= 0.3 is 28.4 Å². The van der Waals surface area contributed by atoms with Crippen molar-refractivity contribution in [2.24, 2.45) is 0 Å². The zero-order valence-electron chi connectivity index (χ0n) is 53.3. The Morgan fingerprint density at radius 3 is 0.929 bits per heavy atom. The Labute approximate surface area is 509 Å². The van der Waals surface area contributed by atoms with E-state index >= 15 is 0 Å². The van der Waals surface area contributed by atoms with Gasteiger partial charge in [-0.3, -0.25) is 82.9 Å². The molecule has 84 heavy (non-hydrogen) atoms. The van der Waals surface area contributed by atoms with Gasteiger partial charge in [0.1, 0.15) is 34.2 Å². The van der Waals surface area contributed by atoms with Gasteiger partial charge in [-0.25, -0.2) is 24.0 Å². The van der Waals surface area contributed by atoms with Gasteiger partial charge in [-0.2, -0.15) is 0 Å². The zero-order chi connectivity index (χ0) is 67.9. The van der Waals surface area contributed by atoms with Crippen LogP contribution >= 0.6 is 55.3 Å². The summed E-state index contributed by atoms with van der Waals surface area (Å²) in [6.45, 7) is 27.3. The number of halogens is 1. The van der Waals surface area contributed by atoms with E-state index in [1.807, 2.05) is 26.7 Å². The molecule has 0 saturated heterocycles. The molecule has 0 aromatic carbocycles. The third-order valence-corrected chi connectivity index (χ3v) is 14.9. The first kappa shape index (κ1) is 79.9. The Morgan fingerprint density at radius 2 is 0.690 bits per heavy atom. The molecule has 0 fully saturated rings. The van der Waals surface area contributed by atoms with Crippen LogP contribution < -0.4 is 84.1 Å². The number of nitrogens with zero attached hydrogens (tertiary/aromatic N) is 10. The summed E-state index contributed by atoms with van der Waals surface area (Å²) in [5.74, 6) is 0.471. The minimum absolute atomic E-state index is 0. The Balaban J connectivity index is -0.000000181. The van der Waals surface area contributed by atoms with Crippen molar-refractivity contribution in [3.05, 3.63) is 140 Å². The monoisotopic (exact) mass is 1300 g/mol. The summed E-state index contributed by atoms with van der Waals surface area (Å²) in [5, 5.41) is 7.81. The normalized spacial score (nSPS) is 10.6. The molecular formula is C47H87B2ClN15O14P5. The second-order valence-corrected chi connectivity index (χ2v) is 20.5. The fourth-order valence-electron chi connectivity index (χ4n) is 6.33. The second-order valence-electron chi connectivity index (χ2n) is 15.6. The van der Waals surface area contributed by atoms with Crippen LogP contribution in [0, 0.1) is 0 Å². The summed E-state index contributed by atoms with van der Waals surface area (Å²) >= 11 is 5.72. The van der Waals surface area contributed by atoms with Crippen molar-refractivity contribution >= 4 is 118 Å². The fraction of sp³-hybridized carbons (Fsp3) is 0.489. The predicted octanol–water partition coefficient (Wildman–Crippen LogP) is 2.77. The first-order valence-corrected chi connectivity index (χ1v) is 32.5. The molecule has 8 N–H and O–H groups in total. The van der Waals surface area contributed by atoms with Crippen molar-refractivity contribution in [2.75, 3.05) is 55.0 Å². The van der Waals surface area contributed by atoms with E-state index in [2.05, 4.69) is 31.4 Å². The largest absolute Gasteiger partial charge is 0.385 e. The number of nitrogens with one attached hydrogen (secondary N) is 3. The average Bonchev–Trinajstić information content (AvgIpc) is 3.55. The lowest BCUT2D eigenvalue weighted by atomic mass is 9.81. The summed E-state index contributed by atoms with van der Waals surface area (Å²) in [6, 6.07) is 6.39. The maximum absolute atomic E-state index is 11.9. The van der Waals surface area contributed by atoms with Gasteiger partial charge in [-0.15, -0.1) is 0 Å². The summed E-state index contributed by atoms with van der Waals surface area (Å²) in [6.07, 6.45) is 0.607. The van der Waals surface area contributed by atoms with Crippen molar-refractivity contribution in [3.63, 3.8) is 0 Å². The van der Waals surface area contributed by atoms with E-state index in [-0.39, 0.29) is 150 Å². The number of carbonyl (C=O) groups excluding carboxylic acids is 4. The van der Waals surface area contributed by atoms with E-state index < -0.39 is 16.7 Å². The maximum atomic E-state index is 11.9. The van der Waals surface area contributed by atoms with Crippen LogP contribution in [-0.2, 0) is 51.9 Å². The van der Waals surface area contributed by atoms with Gasteiger partial charge in [0.15, 0.2) is 0 Å². The van der Waals surface area contributed by atoms with Crippen molar-refractivity contribution in [1.29, 1.82) is 0 Å². The molecule has 0 aliphatic carbocycles.